The Bertz CT molecular complexity index is 944. The highest BCUT2D eigenvalue weighted by Crippen LogP contribution is 2.34. The first-order chi connectivity index (χ1) is 13.1. The fraction of sp³-hybridized carbons (Fsp3) is 0.350. The lowest BCUT2D eigenvalue weighted by Crippen LogP contribution is -2.45. The highest BCUT2D eigenvalue weighted by Gasteiger charge is 2.32. The van der Waals surface area contributed by atoms with Crippen molar-refractivity contribution in [2.75, 3.05) is 6.54 Å². The number of hydrogen-bond acceptors (Lipinski definition) is 4. The molecule has 0 bridgehead atoms. The van der Waals surface area contributed by atoms with Crippen molar-refractivity contribution in [2.24, 2.45) is 0 Å². The van der Waals surface area contributed by atoms with Gasteiger partial charge in [0.25, 0.3) is 0 Å². The highest BCUT2D eigenvalue weighted by atomic mass is 35.5. The number of hydrogen-bond donors (Lipinski definition) is 1. The summed E-state index contributed by atoms with van der Waals surface area (Å²) in [5.41, 5.74) is 2.65. The number of benzene rings is 1. The summed E-state index contributed by atoms with van der Waals surface area (Å²) < 4.78 is 5.54. The Morgan fingerprint density at radius 2 is 2.11 bits per heavy atom. The normalized spacial score (nSPS) is 20.0. The van der Waals surface area contributed by atoms with Crippen LogP contribution in [0.3, 0.4) is 0 Å². The summed E-state index contributed by atoms with van der Waals surface area (Å²) in [7, 11) is 0. The molecule has 0 saturated carbocycles. The minimum atomic E-state index is -0.282. The first-order valence-corrected chi connectivity index (χ1v) is 9.47. The smallest absolute Gasteiger partial charge is 0.410 e. The summed E-state index contributed by atoms with van der Waals surface area (Å²) in [5, 5.41) is 8.82. The lowest BCUT2D eigenvalue weighted by atomic mass is 9.90. The maximum atomic E-state index is 12.7. The van der Waals surface area contributed by atoms with Gasteiger partial charge in [-0.25, -0.2) is 9.78 Å². The molecule has 1 aromatic carbocycles. The average molecular weight is 385 g/mol. The molecule has 0 spiro atoms. The van der Waals surface area contributed by atoms with Crippen molar-refractivity contribution in [2.45, 2.75) is 38.3 Å². The van der Waals surface area contributed by atoms with E-state index in [0.717, 1.165) is 35.0 Å². The molecule has 1 saturated heterocycles. The van der Waals surface area contributed by atoms with Gasteiger partial charge in [-0.05, 0) is 31.4 Å². The van der Waals surface area contributed by atoms with Gasteiger partial charge in [0, 0.05) is 30.1 Å². The van der Waals surface area contributed by atoms with Gasteiger partial charge in [-0.3, -0.25) is 5.10 Å². The number of H-pyrrole nitrogens is 1. The van der Waals surface area contributed by atoms with Gasteiger partial charge in [-0.15, -0.1) is 0 Å². The van der Waals surface area contributed by atoms with Gasteiger partial charge in [0.05, 0.1) is 5.69 Å². The number of nitrogens with one attached hydrogen (secondary N) is 1. The third-order valence-electron chi connectivity index (χ3n) is 5.18. The Morgan fingerprint density at radius 1 is 1.30 bits per heavy atom. The number of ether oxygens (including phenoxy) is 1. The van der Waals surface area contributed by atoms with Gasteiger partial charge in [0.1, 0.15) is 12.1 Å². The second kappa shape index (κ2) is 7.56. The largest absolute Gasteiger partial charge is 0.445 e. The Kier molecular flexibility index (Phi) is 4.99. The Balaban J connectivity index is 1.49. The number of fused-ring (bicyclic) bond motifs is 1. The molecule has 1 amide bonds. The number of likely N-dealkylation sites (tertiary alicyclic amines) is 1. The van der Waals surface area contributed by atoms with E-state index in [1.807, 2.05) is 36.4 Å². The molecule has 2 unspecified atom stereocenters. The predicted molar refractivity (Wildman–Crippen MR) is 104 cm³/mol. The van der Waals surface area contributed by atoms with E-state index in [4.69, 9.17) is 16.3 Å². The second-order valence-corrected chi connectivity index (χ2v) is 7.31. The SMILES string of the molecule is CC1CCC(c2n[nH]c3c(Cl)nccc23)CN1C(=O)OCc1ccccc1. The lowest BCUT2D eigenvalue weighted by Gasteiger charge is -2.36. The van der Waals surface area contributed by atoms with Crippen molar-refractivity contribution in [3.8, 4) is 0 Å². The van der Waals surface area contributed by atoms with Crippen molar-refractivity contribution >= 4 is 28.6 Å². The molecule has 1 fully saturated rings. The molecule has 4 rings (SSSR count). The number of halogens is 1. The molecule has 6 nitrogen and oxygen atoms in total. The molecule has 140 valence electrons. The zero-order valence-electron chi connectivity index (χ0n) is 15.1. The fourth-order valence-corrected chi connectivity index (χ4v) is 3.83. The van der Waals surface area contributed by atoms with E-state index in [1.165, 1.54) is 0 Å². The van der Waals surface area contributed by atoms with Crippen LogP contribution in [0.4, 0.5) is 4.79 Å². The van der Waals surface area contributed by atoms with Crippen LogP contribution in [0, 0.1) is 0 Å². The Labute approximate surface area is 162 Å². The van der Waals surface area contributed by atoms with Crippen molar-refractivity contribution < 1.29 is 9.53 Å². The predicted octanol–water partition coefficient (Wildman–Crippen LogP) is 4.52. The summed E-state index contributed by atoms with van der Waals surface area (Å²) in [4.78, 5) is 18.5. The van der Waals surface area contributed by atoms with E-state index in [1.54, 1.807) is 11.1 Å². The molecule has 1 aliphatic heterocycles. The van der Waals surface area contributed by atoms with Crippen LogP contribution in [-0.2, 0) is 11.3 Å². The third-order valence-corrected chi connectivity index (χ3v) is 5.46. The van der Waals surface area contributed by atoms with Gasteiger partial charge in [-0.1, -0.05) is 41.9 Å². The second-order valence-electron chi connectivity index (χ2n) is 6.95. The van der Waals surface area contributed by atoms with E-state index in [0.29, 0.717) is 11.7 Å². The molecule has 1 N–H and O–H groups in total. The molecule has 27 heavy (non-hydrogen) atoms. The molecule has 2 aromatic heterocycles. The maximum Gasteiger partial charge on any atom is 0.410 e. The van der Waals surface area contributed by atoms with E-state index in [-0.39, 0.29) is 24.7 Å². The third kappa shape index (κ3) is 3.62. The molecule has 1 aliphatic rings. The number of aromatic nitrogens is 3. The van der Waals surface area contributed by atoms with Crippen molar-refractivity contribution in [1.82, 2.24) is 20.1 Å². The molecular formula is C20H21ClN4O2. The standard InChI is InChI=1S/C20H21ClN4O2/c1-13-7-8-15(17-16-9-10-22-19(21)18(16)24-23-17)11-25(13)20(26)27-12-14-5-3-2-4-6-14/h2-6,9-10,13,15H,7-8,11-12H2,1H3,(H,23,24). The molecule has 0 radical (unpaired) electrons. The maximum absolute atomic E-state index is 12.7. The van der Waals surface area contributed by atoms with Crippen LogP contribution in [0.1, 0.15) is 36.9 Å². The average Bonchev–Trinajstić information content (AvgIpc) is 3.13. The van der Waals surface area contributed by atoms with Gasteiger partial charge < -0.3 is 9.64 Å². The van der Waals surface area contributed by atoms with Crippen LogP contribution in [0.5, 0.6) is 0 Å². The summed E-state index contributed by atoms with van der Waals surface area (Å²) in [6.07, 6.45) is 3.26. The summed E-state index contributed by atoms with van der Waals surface area (Å²) >= 11 is 6.14. The lowest BCUT2D eigenvalue weighted by molar-refractivity contribution is 0.0672. The minimum absolute atomic E-state index is 0.137. The molecule has 2 atom stereocenters. The van der Waals surface area contributed by atoms with Gasteiger partial charge in [0.15, 0.2) is 5.15 Å². The van der Waals surface area contributed by atoms with Gasteiger partial charge >= 0.3 is 6.09 Å². The number of rotatable bonds is 3. The number of pyridine rings is 1. The Morgan fingerprint density at radius 3 is 2.93 bits per heavy atom. The van der Waals surface area contributed by atoms with Crippen LogP contribution < -0.4 is 0 Å². The number of nitrogens with zero attached hydrogens (tertiary/aromatic N) is 3. The topological polar surface area (TPSA) is 71.1 Å². The first kappa shape index (κ1) is 17.8. The number of aromatic amines is 1. The number of piperidine rings is 1. The number of amides is 1. The first-order valence-electron chi connectivity index (χ1n) is 9.09. The van der Waals surface area contributed by atoms with E-state index in [2.05, 4.69) is 22.1 Å². The molecule has 7 heteroatoms. The van der Waals surface area contributed by atoms with Crippen LogP contribution >= 0.6 is 11.6 Å². The highest BCUT2D eigenvalue weighted by molar-refractivity contribution is 6.33. The van der Waals surface area contributed by atoms with E-state index >= 15 is 0 Å². The zero-order chi connectivity index (χ0) is 18.8. The Hall–Kier alpha value is -2.60. The van der Waals surface area contributed by atoms with Gasteiger partial charge in [-0.2, -0.15) is 5.10 Å². The summed E-state index contributed by atoms with van der Waals surface area (Å²) in [6.45, 7) is 2.91. The van der Waals surface area contributed by atoms with Crippen molar-refractivity contribution in [3.63, 3.8) is 0 Å². The molecule has 0 aliphatic carbocycles. The van der Waals surface area contributed by atoms with Crippen LogP contribution in [0.15, 0.2) is 42.6 Å². The summed E-state index contributed by atoms with van der Waals surface area (Å²) in [6, 6.07) is 11.8. The summed E-state index contributed by atoms with van der Waals surface area (Å²) in [5.74, 6) is 0.137. The van der Waals surface area contributed by atoms with Crippen LogP contribution in [-0.4, -0.2) is 38.8 Å². The zero-order valence-corrected chi connectivity index (χ0v) is 15.8. The number of carbonyl (C=O) groups excluding carboxylic acids is 1. The van der Waals surface area contributed by atoms with Crippen molar-refractivity contribution in [3.05, 3.63) is 59.0 Å². The minimum Gasteiger partial charge on any atom is -0.445 e. The van der Waals surface area contributed by atoms with Crippen molar-refractivity contribution in [1.29, 1.82) is 0 Å². The van der Waals surface area contributed by atoms with Crippen LogP contribution in [0.25, 0.3) is 10.9 Å². The number of carbonyl (C=O) groups is 1. The fourth-order valence-electron chi connectivity index (χ4n) is 3.63. The van der Waals surface area contributed by atoms with Crippen LogP contribution in [0.2, 0.25) is 5.15 Å². The molecule has 3 heterocycles. The molecular weight excluding hydrogens is 364 g/mol. The monoisotopic (exact) mass is 384 g/mol. The quantitative estimate of drug-likeness (QED) is 0.674. The molecule has 3 aromatic rings. The van der Waals surface area contributed by atoms with Gasteiger partial charge in [0.2, 0.25) is 0 Å². The van der Waals surface area contributed by atoms with E-state index in [9.17, 15) is 4.79 Å². The van der Waals surface area contributed by atoms with E-state index < -0.39 is 0 Å².